The first kappa shape index (κ1) is 11.3. The number of benzene rings is 1. The van der Waals surface area contributed by atoms with Crippen molar-refractivity contribution in [3.05, 3.63) is 46.0 Å². The lowest BCUT2D eigenvalue weighted by atomic mass is 10.3. The van der Waals surface area contributed by atoms with E-state index < -0.39 is 0 Å². The van der Waals surface area contributed by atoms with Crippen LogP contribution in [0.25, 0.3) is 0 Å². The van der Waals surface area contributed by atoms with Crippen LogP contribution in [0.15, 0.2) is 24.4 Å². The zero-order valence-electron chi connectivity index (χ0n) is 8.72. The van der Waals surface area contributed by atoms with E-state index in [4.69, 9.17) is 23.2 Å². The summed E-state index contributed by atoms with van der Waals surface area (Å²) in [6.07, 6.45) is 1.79. The molecule has 0 saturated carbocycles. The van der Waals surface area contributed by atoms with Gasteiger partial charge in [0.25, 0.3) is 0 Å². The largest absolute Gasteiger partial charge is 0.378 e. The minimum absolute atomic E-state index is 0.640. The first-order chi connectivity index (χ1) is 7.65. The van der Waals surface area contributed by atoms with Crippen molar-refractivity contribution < 1.29 is 0 Å². The average molecular weight is 256 g/mol. The zero-order valence-corrected chi connectivity index (χ0v) is 10.2. The third kappa shape index (κ3) is 2.68. The number of hydrogen-bond acceptors (Lipinski definition) is 2. The minimum atomic E-state index is 0.640. The fourth-order valence-electron chi connectivity index (χ4n) is 1.38. The van der Waals surface area contributed by atoms with E-state index >= 15 is 0 Å². The van der Waals surface area contributed by atoms with Gasteiger partial charge in [0, 0.05) is 5.02 Å². The molecular weight excluding hydrogens is 245 g/mol. The summed E-state index contributed by atoms with van der Waals surface area (Å²) in [5, 5.41) is 4.51. The van der Waals surface area contributed by atoms with Crippen LogP contribution in [0.3, 0.4) is 0 Å². The summed E-state index contributed by atoms with van der Waals surface area (Å²) in [7, 11) is 0. The third-order valence-electron chi connectivity index (χ3n) is 2.15. The van der Waals surface area contributed by atoms with Gasteiger partial charge >= 0.3 is 0 Å². The summed E-state index contributed by atoms with van der Waals surface area (Å²) in [6, 6.07) is 5.33. The number of imidazole rings is 1. The molecule has 1 aromatic heterocycles. The van der Waals surface area contributed by atoms with Crippen LogP contribution >= 0.6 is 23.2 Å². The molecule has 0 amide bonds. The number of anilines is 1. The zero-order chi connectivity index (χ0) is 11.5. The molecule has 0 atom stereocenters. The van der Waals surface area contributed by atoms with Gasteiger partial charge in [0.1, 0.15) is 5.82 Å². The summed E-state index contributed by atoms with van der Waals surface area (Å²) < 4.78 is 0. The molecular formula is C11H11Cl2N3. The summed E-state index contributed by atoms with van der Waals surface area (Å²) in [6.45, 7) is 2.55. The van der Waals surface area contributed by atoms with Crippen LogP contribution in [0, 0.1) is 6.92 Å². The van der Waals surface area contributed by atoms with Gasteiger partial charge in [0.2, 0.25) is 0 Å². The normalized spacial score (nSPS) is 10.4. The van der Waals surface area contributed by atoms with Gasteiger partial charge in [0.15, 0.2) is 0 Å². The molecule has 0 saturated heterocycles. The van der Waals surface area contributed by atoms with Crippen LogP contribution < -0.4 is 5.32 Å². The topological polar surface area (TPSA) is 40.7 Å². The molecule has 0 spiro atoms. The Bertz CT molecular complexity index is 494. The highest BCUT2D eigenvalue weighted by molar-refractivity contribution is 6.35. The van der Waals surface area contributed by atoms with Crippen molar-refractivity contribution >= 4 is 28.9 Å². The van der Waals surface area contributed by atoms with Crippen LogP contribution in [-0.2, 0) is 6.54 Å². The van der Waals surface area contributed by atoms with Crippen LogP contribution in [-0.4, -0.2) is 9.97 Å². The van der Waals surface area contributed by atoms with Crippen LogP contribution in [0.2, 0.25) is 10.0 Å². The number of H-pyrrole nitrogens is 1. The van der Waals surface area contributed by atoms with Crippen molar-refractivity contribution in [1.82, 2.24) is 9.97 Å². The van der Waals surface area contributed by atoms with Crippen LogP contribution in [0.1, 0.15) is 11.5 Å². The van der Waals surface area contributed by atoms with Gasteiger partial charge in [0.05, 0.1) is 29.1 Å². The van der Waals surface area contributed by atoms with Gasteiger partial charge in [-0.25, -0.2) is 4.98 Å². The van der Waals surface area contributed by atoms with Crippen molar-refractivity contribution in [2.24, 2.45) is 0 Å². The Kier molecular flexibility index (Phi) is 3.36. The van der Waals surface area contributed by atoms with E-state index in [-0.39, 0.29) is 0 Å². The molecule has 0 radical (unpaired) electrons. The molecule has 5 heteroatoms. The lowest BCUT2D eigenvalue weighted by Gasteiger charge is -2.07. The van der Waals surface area contributed by atoms with Gasteiger partial charge in [-0.3, -0.25) is 0 Å². The van der Waals surface area contributed by atoms with Crippen molar-refractivity contribution in [3.8, 4) is 0 Å². The highest BCUT2D eigenvalue weighted by Gasteiger charge is 2.02. The van der Waals surface area contributed by atoms with Crippen molar-refractivity contribution in [2.75, 3.05) is 5.32 Å². The van der Waals surface area contributed by atoms with Gasteiger partial charge in [-0.1, -0.05) is 23.2 Å². The quantitative estimate of drug-likeness (QED) is 0.880. The monoisotopic (exact) mass is 255 g/mol. The van der Waals surface area contributed by atoms with Crippen molar-refractivity contribution in [2.45, 2.75) is 13.5 Å². The molecule has 0 bridgehead atoms. The van der Waals surface area contributed by atoms with E-state index in [1.807, 2.05) is 6.92 Å². The summed E-state index contributed by atoms with van der Waals surface area (Å²) in [4.78, 5) is 7.24. The summed E-state index contributed by atoms with van der Waals surface area (Å²) >= 11 is 11.9. The highest BCUT2D eigenvalue weighted by Crippen LogP contribution is 2.25. The Balaban J connectivity index is 2.07. The highest BCUT2D eigenvalue weighted by atomic mass is 35.5. The molecule has 16 heavy (non-hydrogen) atoms. The second-order valence-electron chi connectivity index (χ2n) is 3.47. The van der Waals surface area contributed by atoms with Crippen LogP contribution in [0.5, 0.6) is 0 Å². The average Bonchev–Trinajstić information content (AvgIpc) is 2.66. The SMILES string of the molecule is Cc1ncc(CNc2cc(Cl)ccc2Cl)[nH]1. The minimum Gasteiger partial charge on any atom is -0.378 e. The number of rotatable bonds is 3. The van der Waals surface area contributed by atoms with Gasteiger partial charge < -0.3 is 10.3 Å². The molecule has 0 aliphatic carbocycles. The van der Waals surface area contributed by atoms with Crippen LogP contribution in [0.4, 0.5) is 5.69 Å². The number of aromatic nitrogens is 2. The number of halogens is 2. The lowest BCUT2D eigenvalue weighted by Crippen LogP contribution is -2.00. The number of nitrogens with zero attached hydrogens (tertiary/aromatic N) is 1. The van der Waals surface area contributed by atoms with E-state index in [1.54, 1.807) is 24.4 Å². The Labute approximate surface area is 104 Å². The smallest absolute Gasteiger partial charge is 0.103 e. The molecule has 84 valence electrons. The van der Waals surface area contributed by atoms with Gasteiger partial charge in [-0.2, -0.15) is 0 Å². The van der Waals surface area contributed by atoms with Crippen molar-refractivity contribution in [3.63, 3.8) is 0 Å². The van der Waals surface area contributed by atoms with E-state index in [2.05, 4.69) is 15.3 Å². The molecule has 0 aliphatic heterocycles. The predicted octanol–water partition coefficient (Wildman–Crippen LogP) is 3.64. The van der Waals surface area contributed by atoms with Gasteiger partial charge in [-0.05, 0) is 25.1 Å². The molecule has 0 unspecified atom stereocenters. The fourth-order valence-corrected chi connectivity index (χ4v) is 1.74. The predicted molar refractivity (Wildman–Crippen MR) is 67.1 cm³/mol. The Morgan fingerprint density at radius 3 is 2.88 bits per heavy atom. The standard InChI is InChI=1S/C11H11Cl2N3/c1-7-14-5-9(16-7)6-15-11-4-8(12)2-3-10(11)13/h2-5,15H,6H2,1H3,(H,14,16). The Morgan fingerprint density at radius 1 is 1.38 bits per heavy atom. The molecule has 2 N–H and O–H groups in total. The van der Waals surface area contributed by atoms with E-state index in [0.717, 1.165) is 17.2 Å². The number of aromatic amines is 1. The molecule has 0 fully saturated rings. The van der Waals surface area contributed by atoms with E-state index in [0.29, 0.717) is 16.6 Å². The Morgan fingerprint density at radius 2 is 2.19 bits per heavy atom. The molecule has 1 heterocycles. The van der Waals surface area contributed by atoms with E-state index in [1.165, 1.54) is 0 Å². The summed E-state index contributed by atoms with van der Waals surface area (Å²) in [5.41, 5.74) is 1.83. The van der Waals surface area contributed by atoms with Gasteiger partial charge in [-0.15, -0.1) is 0 Å². The molecule has 0 aliphatic rings. The first-order valence-corrected chi connectivity index (χ1v) is 5.60. The number of hydrogen-bond donors (Lipinski definition) is 2. The Hall–Kier alpha value is -1.19. The number of aryl methyl sites for hydroxylation is 1. The molecule has 2 aromatic rings. The maximum Gasteiger partial charge on any atom is 0.103 e. The second-order valence-corrected chi connectivity index (χ2v) is 4.32. The lowest BCUT2D eigenvalue weighted by molar-refractivity contribution is 1.05. The number of nitrogens with one attached hydrogen (secondary N) is 2. The molecule has 3 nitrogen and oxygen atoms in total. The first-order valence-electron chi connectivity index (χ1n) is 4.84. The fraction of sp³-hybridized carbons (Fsp3) is 0.182. The maximum absolute atomic E-state index is 6.02. The summed E-state index contributed by atoms with van der Waals surface area (Å²) in [5.74, 6) is 0.897. The molecule has 1 aromatic carbocycles. The third-order valence-corrected chi connectivity index (χ3v) is 2.72. The van der Waals surface area contributed by atoms with Crippen molar-refractivity contribution in [1.29, 1.82) is 0 Å². The van der Waals surface area contributed by atoms with E-state index in [9.17, 15) is 0 Å². The molecule has 2 rings (SSSR count). The second kappa shape index (κ2) is 4.76. The maximum atomic E-state index is 6.02.